The zero-order valence-corrected chi connectivity index (χ0v) is 21.1. The van der Waals surface area contributed by atoms with Gasteiger partial charge >= 0.3 is 0 Å². The number of nitrogens with zero attached hydrogens (tertiary/aromatic N) is 3. The minimum absolute atomic E-state index is 0. The van der Waals surface area contributed by atoms with Crippen LogP contribution in [0.15, 0.2) is 29.3 Å². The third kappa shape index (κ3) is 7.21. The lowest BCUT2D eigenvalue weighted by Crippen LogP contribution is -2.43. The van der Waals surface area contributed by atoms with Crippen molar-refractivity contribution in [3.63, 3.8) is 0 Å². The second-order valence-corrected chi connectivity index (χ2v) is 7.48. The van der Waals surface area contributed by atoms with Crippen LogP contribution in [0.1, 0.15) is 48.7 Å². The van der Waals surface area contributed by atoms with Gasteiger partial charge in [0, 0.05) is 32.4 Å². The van der Waals surface area contributed by atoms with Crippen LogP contribution in [0.2, 0.25) is 0 Å². The number of benzene rings is 1. The van der Waals surface area contributed by atoms with Crippen LogP contribution >= 0.6 is 24.0 Å². The first-order valence-electron chi connectivity index (χ1n) is 9.95. The van der Waals surface area contributed by atoms with Crippen molar-refractivity contribution in [3.05, 3.63) is 46.8 Å². The van der Waals surface area contributed by atoms with E-state index < -0.39 is 0 Å². The van der Waals surface area contributed by atoms with Crippen molar-refractivity contribution in [2.75, 3.05) is 20.7 Å². The van der Waals surface area contributed by atoms with Gasteiger partial charge in [0.25, 0.3) is 0 Å². The number of hydrogen-bond donors (Lipinski definition) is 2. The molecule has 1 heterocycles. The summed E-state index contributed by atoms with van der Waals surface area (Å²) in [7, 11) is 5.50. The summed E-state index contributed by atoms with van der Waals surface area (Å²) in [6.07, 6.45) is 1.96. The van der Waals surface area contributed by atoms with E-state index in [2.05, 4.69) is 60.6 Å². The molecule has 0 radical (unpaired) electrons. The van der Waals surface area contributed by atoms with E-state index in [9.17, 15) is 0 Å². The molecule has 0 aliphatic carbocycles. The molecule has 1 aromatic carbocycles. The molecule has 0 amide bonds. The Hall–Kier alpha value is -1.77. The van der Waals surface area contributed by atoms with E-state index in [1.807, 2.05) is 30.9 Å². The van der Waals surface area contributed by atoms with Crippen molar-refractivity contribution in [3.8, 4) is 5.75 Å². The molecular weight excluding hydrogens is 477 g/mol. The SMILES string of the molecule is CN=C(NCCC(C)c1ccc(OC)cc1)NC(C)Cc1c(C)nn(C)c1C.I. The summed E-state index contributed by atoms with van der Waals surface area (Å²) in [5.41, 5.74) is 4.96. The van der Waals surface area contributed by atoms with Crippen LogP contribution in [0.25, 0.3) is 0 Å². The first-order chi connectivity index (χ1) is 13.3. The fourth-order valence-corrected chi connectivity index (χ4v) is 3.40. The van der Waals surface area contributed by atoms with Gasteiger partial charge in [-0.3, -0.25) is 9.67 Å². The molecule has 2 atom stereocenters. The first-order valence-corrected chi connectivity index (χ1v) is 9.95. The number of aliphatic imine (C=N–C) groups is 1. The third-order valence-corrected chi connectivity index (χ3v) is 5.33. The summed E-state index contributed by atoms with van der Waals surface area (Å²) in [6, 6.07) is 8.58. The average molecular weight is 513 g/mol. The van der Waals surface area contributed by atoms with Crippen LogP contribution in [-0.2, 0) is 13.5 Å². The van der Waals surface area contributed by atoms with Crippen molar-refractivity contribution < 1.29 is 4.74 Å². The van der Waals surface area contributed by atoms with Crippen LogP contribution in [0.5, 0.6) is 5.75 Å². The predicted octanol–water partition coefficient (Wildman–Crippen LogP) is 3.95. The van der Waals surface area contributed by atoms with Gasteiger partial charge in [0.1, 0.15) is 5.75 Å². The Morgan fingerprint density at radius 3 is 2.38 bits per heavy atom. The second kappa shape index (κ2) is 12.0. The van der Waals surface area contributed by atoms with Gasteiger partial charge in [-0.25, -0.2) is 0 Å². The topological polar surface area (TPSA) is 63.5 Å². The van der Waals surface area contributed by atoms with Crippen LogP contribution in [0.3, 0.4) is 0 Å². The van der Waals surface area contributed by atoms with Gasteiger partial charge in [-0.15, -0.1) is 24.0 Å². The standard InChI is InChI=1S/C22H35N5O.HI/c1-15(19-8-10-20(28-7)11-9-19)12-13-24-22(23-5)25-16(2)14-21-17(3)26-27(6)18(21)4;/h8-11,15-16H,12-14H2,1-7H3,(H2,23,24,25);1H. The van der Waals surface area contributed by atoms with Gasteiger partial charge in [-0.2, -0.15) is 5.10 Å². The molecule has 7 heteroatoms. The number of aryl methyl sites for hydroxylation is 2. The molecule has 0 spiro atoms. The number of rotatable bonds is 8. The van der Waals surface area contributed by atoms with Crippen LogP contribution in [0, 0.1) is 13.8 Å². The zero-order chi connectivity index (χ0) is 20.7. The Morgan fingerprint density at radius 1 is 1.21 bits per heavy atom. The molecule has 1 aromatic heterocycles. The fraction of sp³-hybridized carbons (Fsp3) is 0.545. The number of halogens is 1. The van der Waals surface area contributed by atoms with E-state index in [0.717, 1.165) is 36.8 Å². The largest absolute Gasteiger partial charge is 0.497 e. The Morgan fingerprint density at radius 2 is 1.86 bits per heavy atom. The van der Waals surface area contributed by atoms with Crippen LogP contribution in [-0.4, -0.2) is 42.5 Å². The molecule has 2 rings (SSSR count). The van der Waals surface area contributed by atoms with Crippen molar-refractivity contribution in [2.45, 2.75) is 52.5 Å². The van der Waals surface area contributed by atoms with E-state index in [4.69, 9.17) is 4.74 Å². The molecule has 0 saturated heterocycles. The van der Waals surface area contributed by atoms with Gasteiger partial charge in [-0.1, -0.05) is 19.1 Å². The maximum Gasteiger partial charge on any atom is 0.191 e. The van der Waals surface area contributed by atoms with Crippen molar-refractivity contribution in [1.82, 2.24) is 20.4 Å². The Labute approximate surface area is 192 Å². The lowest BCUT2D eigenvalue weighted by Gasteiger charge is -2.19. The lowest BCUT2D eigenvalue weighted by atomic mass is 9.98. The normalized spacial score (nSPS) is 13.4. The van der Waals surface area contributed by atoms with Crippen molar-refractivity contribution in [1.29, 1.82) is 0 Å². The first kappa shape index (κ1) is 25.3. The smallest absolute Gasteiger partial charge is 0.191 e. The molecule has 0 aliphatic rings. The Bertz CT molecular complexity index is 785. The molecule has 162 valence electrons. The maximum absolute atomic E-state index is 5.23. The summed E-state index contributed by atoms with van der Waals surface area (Å²) in [4.78, 5) is 4.37. The van der Waals surface area contributed by atoms with Gasteiger partial charge < -0.3 is 15.4 Å². The molecule has 0 bridgehead atoms. The number of nitrogens with one attached hydrogen (secondary N) is 2. The average Bonchev–Trinajstić information content (AvgIpc) is 2.93. The fourth-order valence-electron chi connectivity index (χ4n) is 3.40. The molecule has 29 heavy (non-hydrogen) atoms. The van der Waals surface area contributed by atoms with Gasteiger partial charge in [-0.05, 0) is 62.8 Å². The highest BCUT2D eigenvalue weighted by Crippen LogP contribution is 2.21. The molecule has 2 N–H and O–H groups in total. The summed E-state index contributed by atoms with van der Waals surface area (Å²) >= 11 is 0. The molecule has 6 nitrogen and oxygen atoms in total. The van der Waals surface area contributed by atoms with Gasteiger partial charge in [0.2, 0.25) is 0 Å². The minimum Gasteiger partial charge on any atom is -0.497 e. The zero-order valence-electron chi connectivity index (χ0n) is 18.7. The summed E-state index contributed by atoms with van der Waals surface area (Å²) in [5.74, 6) is 2.20. The van der Waals surface area contributed by atoms with E-state index in [1.54, 1.807) is 7.11 Å². The van der Waals surface area contributed by atoms with Crippen LogP contribution in [0.4, 0.5) is 0 Å². The highest BCUT2D eigenvalue weighted by atomic mass is 127. The maximum atomic E-state index is 5.23. The highest BCUT2D eigenvalue weighted by Gasteiger charge is 2.14. The van der Waals surface area contributed by atoms with Crippen molar-refractivity contribution in [2.24, 2.45) is 12.0 Å². The predicted molar refractivity (Wildman–Crippen MR) is 132 cm³/mol. The molecule has 0 saturated carbocycles. The molecule has 0 fully saturated rings. The third-order valence-electron chi connectivity index (χ3n) is 5.33. The Kier molecular flexibility index (Phi) is 10.5. The monoisotopic (exact) mass is 513 g/mol. The summed E-state index contributed by atoms with van der Waals surface area (Å²) in [6.45, 7) is 9.48. The Balaban J connectivity index is 0.00000420. The number of guanidine groups is 1. The number of ether oxygens (including phenoxy) is 1. The molecule has 0 aliphatic heterocycles. The second-order valence-electron chi connectivity index (χ2n) is 7.48. The minimum atomic E-state index is 0. The number of hydrogen-bond acceptors (Lipinski definition) is 3. The molecule has 2 unspecified atom stereocenters. The summed E-state index contributed by atoms with van der Waals surface area (Å²) < 4.78 is 7.18. The number of methoxy groups -OCH3 is 1. The van der Waals surface area contributed by atoms with E-state index in [0.29, 0.717) is 5.92 Å². The molecular formula is C22H36IN5O. The number of aromatic nitrogens is 2. The van der Waals surface area contributed by atoms with Crippen molar-refractivity contribution >= 4 is 29.9 Å². The molecule has 2 aromatic rings. The van der Waals surface area contributed by atoms with E-state index in [1.165, 1.54) is 16.8 Å². The van der Waals surface area contributed by atoms with Gasteiger partial charge in [0.15, 0.2) is 5.96 Å². The highest BCUT2D eigenvalue weighted by molar-refractivity contribution is 14.0. The van der Waals surface area contributed by atoms with Crippen LogP contribution < -0.4 is 15.4 Å². The van der Waals surface area contributed by atoms with E-state index in [-0.39, 0.29) is 30.0 Å². The summed E-state index contributed by atoms with van der Waals surface area (Å²) in [5, 5.41) is 11.4. The van der Waals surface area contributed by atoms with Gasteiger partial charge in [0.05, 0.1) is 12.8 Å². The lowest BCUT2D eigenvalue weighted by molar-refractivity contribution is 0.414. The quantitative estimate of drug-likeness (QED) is 0.319. The van der Waals surface area contributed by atoms with E-state index >= 15 is 0 Å².